The van der Waals surface area contributed by atoms with Crippen molar-refractivity contribution in [3.05, 3.63) is 0 Å². The average Bonchev–Trinajstić information content (AvgIpc) is 2.73. The number of aliphatic hydroxyl groups is 1. The molecule has 1 saturated heterocycles. The maximum absolute atomic E-state index is 9.18. The van der Waals surface area contributed by atoms with Gasteiger partial charge in [0.25, 0.3) is 0 Å². The van der Waals surface area contributed by atoms with Gasteiger partial charge in [-0.05, 0) is 32.6 Å². The summed E-state index contributed by atoms with van der Waals surface area (Å²) in [6.45, 7) is 4.86. The monoisotopic (exact) mass is 226 g/mol. The van der Waals surface area contributed by atoms with Crippen LogP contribution in [0.2, 0.25) is 0 Å². The van der Waals surface area contributed by atoms with E-state index in [2.05, 4.69) is 17.1 Å². The fourth-order valence-electron chi connectivity index (χ4n) is 3.22. The molecule has 16 heavy (non-hydrogen) atoms. The quantitative estimate of drug-likeness (QED) is 0.763. The Hall–Kier alpha value is -0.120. The lowest BCUT2D eigenvalue weighted by Gasteiger charge is -2.34. The Labute approximate surface area is 99.2 Å². The predicted molar refractivity (Wildman–Crippen MR) is 66.5 cm³/mol. The van der Waals surface area contributed by atoms with Crippen LogP contribution < -0.4 is 5.32 Å². The molecule has 1 aliphatic carbocycles. The lowest BCUT2D eigenvalue weighted by atomic mass is 10.1. The second kappa shape index (κ2) is 5.99. The molecule has 1 saturated carbocycles. The summed E-state index contributed by atoms with van der Waals surface area (Å²) in [4.78, 5) is 2.68. The smallest absolute Gasteiger partial charge is 0.0446 e. The molecule has 0 aromatic carbocycles. The van der Waals surface area contributed by atoms with Crippen molar-refractivity contribution in [2.75, 3.05) is 19.7 Å². The summed E-state index contributed by atoms with van der Waals surface area (Å²) >= 11 is 0. The van der Waals surface area contributed by atoms with Crippen LogP contribution in [0, 0.1) is 0 Å². The molecule has 94 valence electrons. The molecule has 3 nitrogen and oxygen atoms in total. The molecule has 2 fully saturated rings. The first-order valence-electron chi connectivity index (χ1n) is 6.91. The summed E-state index contributed by atoms with van der Waals surface area (Å²) in [6.07, 6.45) is 7.72. The third-order valence-electron chi connectivity index (χ3n) is 4.25. The van der Waals surface area contributed by atoms with E-state index in [1.165, 1.54) is 38.6 Å². The van der Waals surface area contributed by atoms with Gasteiger partial charge in [-0.2, -0.15) is 0 Å². The van der Waals surface area contributed by atoms with Crippen LogP contribution in [0.15, 0.2) is 0 Å². The van der Waals surface area contributed by atoms with Crippen LogP contribution in [0.3, 0.4) is 0 Å². The van der Waals surface area contributed by atoms with Crippen molar-refractivity contribution < 1.29 is 5.11 Å². The summed E-state index contributed by atoms with van der Waals surface area (Å²) in [6, 6.07) is 1.98. The number of rotatable bonds is 3. The van der Waals surface area contributed by atoms with Crippen molar-refractivity contribution in [3.8, 4) is 0 Å². The van der Waals surface area contributed by atoms with E-state index >= 15 is 0 Å². The molecule has 1 aliphatic heterocycles. The fourth-order valence-corrected chi connectivity index (χ4v) is 3.22. The Kier molecular flexibility index (Phi) is 4.62. The Bertz CT molecular complexity index is 204. The molecule has 0 radical (unpaired) electrons. The van der Waals surface area contributed by atoms with Gasteiger partial charge in [0.15, 0.2) is 0 Å². The topological polar surface area (TPSA) is 35.5 Å². The summed E-state index contributed by atoms with van der Waals surface area (Å²) in [5, 5.41) is 12.8. The minimum atomic E-state index is 0.323. The van der Waals surface area contributed by atoms with Gasteiger partial charge in [0.2, 0.25) is 0 Å². The number of nitrogens with one attached hydrogen (secondary N) is 1. The molecule has 0 aromatic rings. The summed E-state index contributed by atoms with van der Waals surface area (Å²) in [5.41, 5.74) is 0. The van der Waals surface area contributed by atoms with Crippen molar-refractivity contribution in [3.63, 3.8) is 0 Å². The van der Waals surface area contributed by atoms with Gasteiger partial charge in [-0.3, -0.25) is 4.90 Å². The first kappa shape index (κ1) is 12.3. The van der Waals surface area contributed by atoms with Crippen molar-refractivity contribution in [1.82, 2.24) is 10.2 Å². The molecule has 0 amide bonds. The van der Waals surface area contributed by atoms with E-state index in [4.69, 9.17) is 0 Å². The highest BCUT2D eigenvalue weighted by Crippen LogP contribution is 2.27. The van der Waals surface area contributed by atoms with Crippen LogP contribution in [-0.2, 0) is 0 Å². The first-order chi connectivity index (χ1) is 7.81. The highest BCUT2D eigenvalue weighted by molar-refractivity contribution is 4.87. The molecule has 1 heterocycles. The highest BCUT2D eigenvalue weighted by Gasteiger charge is 2.30. The van der Waals surface area contributed by atoms with E-state index in [1.54, 1.807) is 0 Å². The van der Waals surface area contributed by atoms with E-state index in [-0.39, 0.29) is 0 Å². The van der Waals surface area contributed by atoms with Gasteiger partial charge in [-0.1, -0.05) is 12.8 Å². The zero-order valence-electron chi connectivity index (χ0n) is 10.5. The zero-order valence-corrected chi connectivity index (χ0v) is 10.5. The number of hydrogen-bond acceptors (Lipinski definition) is 3. The lowest BCUT2D eigenvalue weighted by molar-refractivity contribution is 0.120. The van der Waals surface area contributed by atoms with Crippen LogP contribution in [-0.4, -0.2) is 47.8 Å². The Morgan fingerprint density at radius 3 is 2.69 bits per heavy atom. The normalized spacial score (nSPS) is 34.1. The van der Waals surface area contributed by atoms with E-state index < -0.39 is 0 Å². The molecule has 2 atom stereocenters. The second-order valence-electron chi connectivity index (χ2n) is 5.44. The molecule has 2 N–H and O–H groups in total. The zero-order chi connectivity index (χ0) is 11.4. The first-order valence-corrected chi connectivity index (χ1v) is 6.91. The maximum Gasteiger partial charge on any atom is 0.0446 e. The van der Waals surface area contributed by atoms with Crippen LogP contribution in [0.1, 0.15) is 45.4 Å². The van der Waals surface area contributed by atoms with E-state index in [1.807, 2.05) is 0 Å². The predicted octanol–water partition coefficient (Wildman–Crippen LogP) is 1.36. The molecule has 2 unspecified atom stereocenters. The van der Waals surface area contributed by atoms with E-state index in [0.717, 1.165) is 19.0 Å². The minimum Gasteiger partial charge on any atom is -0.396 e. The van der Waals surface area contributed by atoms with Crippen LogP contribution in [0.4, 0.5) is 0 Å². The molecule has 0 aromatic heterocycles. The lowest BCUT2D eigenvalue weighted by Crippen LogP contribution is -2.45. The maximum atomic E-state index is 9.18. The van der Waals surface area contributed by atoms with Crippen molar-refractivity contribution in [1.29, 1.82) is 0 Å². The number of aliphatic hydroxyl groups excluding tert-OH is 1. The van der Waals surface area contributed by atoms with Gasteiger partial charge in [0.1, 0.15) is 0 Å². The Morgan fingerprint density at radius 2 is 2.00 bits per heavy atom. The van der Waals surface area contributed by atoms with Crippen molar-refractivity contribution >= 4 is 0 Å². The summed E-state index contributed by atoms with van der Waals surface area (Å²) in [5.74, 6) is 0. The molecular weight excluding hydrogens is 200 g/mol. The van der Waals surface area contributed by atoms with E-state index in [0.29, 0.717) is 18.7 Å². The minimum absolute atomic E-state index is 0.323. The third kappa shape index (κ3) is 2.96. The van der Waals surface area contributed by atoms with Crippen LogP contribution >= 0.6 is 0 Å². The fraction of sp³-hybridized carbons (Fsp3) is 1.00. The summed E-state index contributed by atoms with van der Waals surface area (Å²) < 4.78 is 0. The van der Waals surface area contributed by atoms with E-state index in [9.17, 15) is 5.11 Å². The van der Waals surface area contributed by atoms with Crippen molar-refractivity contribution in [2.24, 2.45) is 0 Å². The molecule has 3 heteroatoms. The molecule has 0 bridgehead atoms. The molecule has 0 spiro atoms. The SMILES string of the molecule is CC1CCN(C2CCCC2)C(CCO)CN1. The van der Waals surface area contributed by atoms with Crippen LogP contribution in [0.25, 0.3) is 0 Å². The Morgan fingerprint density at radius 1 is 1.25 bits per heavy atom. The number of hydrogen-bond donors (Lipinski definition) is 2. The number of nitrogens with zero attached hydrogens (tertiary/aromatic N) is 1. The van der Waals surface area contributed by atoms with Crippen molar-refractivity contribution in [2.45, 2.75) is 63.6 Å². The highest BCUT2D eigenvalue weighted by atomic mass is 16.3. The standard InChI is InChI=1S/C13H26N2O/c1-11-6-8-15(12-4-2-3-5-12)13(7-9-16)10-14-11/h11-14,16H,2-10H2,1H3. The molecule has 2 rings (SSSR count). The summed E-state index contributed by atoms with van der Waals surface area (Å²) in [7, 11) is 0. The molecular formula is C13H26N2O. The van der Waals surface area contributed by atoms with Gasteiger partial charge in [0, 0.05) is 37.8 Å². The molecule has 2 aliphatic rings. The largest absolute Gasteiger partial charge is 0.396 e. The van der Waals surface area contributed by atoms with Gasteiger partial charge in [0.05, 0.1) is 0 Å². The van der Waals surface area contributed by atoms with Gasteiger partial charge < -0.3 is 10.4 Å². The third-order valence-corrected chi connectivity index (χ3v) is 4.25. The average molecular weight is 226 g/mol. The van der Waals surface area contributed by atoms with Gasteiger partial charge in [-0.15, -0.1) is 0 Å². The Balaban J connectivity index is 1.98. The van der Waals surface area contributed by atoms with Gasteiger partial charge >= 0.3 is 0 Å². The second-order valence-corrected chi connectivity index (χ2v) is 5.44. The van der Waals surface area contributed by atoms with Crippen LogP contribution in [0.5, 0.6) is 0 Å². The van der Waals surface area contributed by atoms with Gasteiger partial charge in [-0.25, -0.2) is 0 Å².